The molecule has 37 heavy (non-hydrogen) atoms. The number of halogens is 3. The van der Waals surface area contributed by atoms with Crippen LogP contribution in [0.25, 0.3) is 11.1 Å². The first-order chi connectivity index (χ1) is 17.3. The highest BCUT2D eigenvalue weighted by Crippen LogP contribution is 2.43. The second-order valence-electron chi connectivity index (χ2n) is 9.72. The zero-order valence-corrected chi connectivity index (χ0v) is 21.2. The van der Waals surface area contributed by atoms with Gasteiger partial charge in [-0.1, -0.05) is 0 Å². The lowest BCUT2D eigenvalue weighted by Gasteiger charge is -2.21. The van der Waals surface area contributed by atoms with Crippen LogP contribution >= 0.6 is 0 Å². The second-order valence-corrected chi connectivity index (χ2v) is 9.72. The lowest BCUT2D eigenvalue weighted by Crippen LogP contribution is -2.29. The molecule has 2 aromatic heterocycles. The summed E-state index contributed by atoms with van der Waals surface area (Å²) >= 11 is 0. The minimum atomic E-state index is -4.70. The molecule has 1 aliphatic heterocycles. The number of benzene rings is 1. The quantitative estimate of drug-likeness (QED) is 0.503. The number of fused-ring (bicyclic) bond motifs is 1. The Morgan fingerprint density at radius 3 is 2.51 bits per heavy atom. The van der Waals surface area contributed by atoms with Gasteiger partial charge in [0.1, 0.15) is 11.4 Å². The van der Waals surface area contributed by atoms with E-state index in [-0.39, 0.29) is 60.0 Å². The van der Waals surface area contributed by atoms with Crippen molar-refractivity contribution in [3.05, 3.63) is 53.2 Å². The van der Waals surface area contributed by atoms with E-state index in [1.807, 2.05) is 0 Å². The van der Waals surface area contributed by atoms with Gasteiger partial charge in [0.05, 0.1) is 18.7 Å². The standard InChI is InChI=1S/C25H28F3N5O4/c1-6-33-14-18(21(30-33)25(26,27)28)16-11-15(12-17-19(34)7-10-36-20(16)17)13-32-9-8-31(5)22(32)29-23(35)37-24(2,3)4/h8-9,11-12,14H,6-7,10,13H2,1-5H3/b29-22-. The Balaban J connectivity index is 1.84. The fourth-order valence-corrected chi connectivity index (χ4v) is 4.06. The molecule has 3 aromatic rings. The summed E-state index contributed by atoms with van der Waals surface area (Å²) in [6.45, 7) is 7.30. The molecule has 0 N–H and O–H groups in total. The fourth-order valence-electron chi connectivity index (χ4n) is 4.06. The molecule has 1 amide bonds. The third-order valence-corrected chi connectivity index (χ3v) is 5.65. The molecule has 4 rings (SSSR count). The molecule has 0 atom stereocenters. The molecule has 0 radical (unpaired) electrons. The summed E-state index contributed by atoms with van der Waals surface area (Å²) in [6, 6.07) is 3.16. The average Bonchev–Trinajstić information content (AvgIpc) is 3.37. The molecule has 198 valence electrons. The first-order valence-corrected chi connectivity index (χ1v) is 11.7. The van der Waals surface area contributed by atoms with Crippen LogP contribution in [0.3, 0.4) is 0 Å². The fraction of sp³-hybridized carbons (Fsp3) is 0.440. The Kier molecular flexibility index (Phi) is 6.78. The molecule has 0 saturated heterocycles. The number of ether oxygens (including phenoxy) is 2. The van der Waals surface area contributed by atoms with E-state index in [0.29, 0.717) is 5.56 Å². The van der Waals surface area contributed by atoms with Crippen molar-refractivity contribution >= 4 is 11.9 Å². The van der Waals surface area contributed by atoms with Crippen LogP contribution in [0.15, 0.2) is 35.7 Å². The summed E-state index contributed by atoms with van der Waals surface area (Å²) in [7, 11) is 1.70. The first-order valence-electron chi connectivity index (χ1n) is 11.7. The largest absolute Gasteiger partial charge is 0.492 e. The number of amides is 1. The third kappa shape index (κ3) is 5.62. The number of nitrogens with zero attached hydrogens (tertiary/aromatic N) is 5. The number of Topliss-reactive ketones (excluding diaryl/α,β-unsaturated/α-hetero) is 1. The summed E-state index contributed by atoms with van der Waals surface area (Å²) in [6.07, 6.45) is -0.692. The smallest absolute Gasteiger partial charge is 0.437 e. The predicted octanol–water partition coefficient (Wildman–Crippen LogP) is 4.58. The Morgan fingerprint density at radius 2 is 1.86 bits per heavy atom. The number of aromatic nitrogens is 4. The number of carbonyl (C=O) groups is 2. The van der Waals surface area contributed by atoms with Crippen LogP contribution in [0.5, 0.6) is 5.75 Å². The molecule has 9 nitrogen and oxygen atoms in total. The maximum absolute atomic E-state index is 13.9. The van der Waals surface area contributed by atoms with Crippen LogP contribution in [0.1, 0.15) is 55.7 Å². The van der Waals surface area contributed by atoms with Gasteiger partial charge in [-0.15, -0.1) is 4.99 Å². The molecule has 0 saturated carbocycles. The van der Waals surface area contributed by atoms with Crippen LogP contribution < -0.4 is 10.4 Å². The van der Waals surface area contributed by atoms with Gasteiger partial charge < -0.3 is 18.6 Å². The zero-order valence-electron chi connectivity index (χ0n) is 21.2. The normalized spacial score (nSPS) is 14.5. The van der Waals surface area contributed by atoms with E-state index in [1.54, 1.807) is 68.4 Å². The number of aryl methyl sites for hydroxylation is 2. The summed E-state index contributed by atoms with van der Waals surface area (Å²) < 4.78 is 57.1. The summed E-state index contributed by atoms with van der Waals surface area (Å²) in [5.74, 6) is -0.115. The average molecular weight is 520 g/mol. The molecule has 0 spiro atoms. The van der Waals surface area contributed by atoms with Gasteiger partial charge in [0, 0.05) is 49.7 Å². The van der Waals surface area contributed by atoms with Gasteiger partial charge in [0.2, 0.25) is 5.62 Å². The van der Waals surface area contributed by atoms with Gasteiger partial charge in [0.25, 0.3) is 0 Å². The van der Waals surface area contributed by atoms with Crippen molar-refractivity contribution in [3.63, 3.8) is 0 Å². The maximum Gasteiger partial charge on any atom is 0.437 e. The lowest BCUT2D eigenvalue weighted by molar-refractivity contribution is -0.141. The number of ketones is 1. The zero-order chi connectivity index (χ0) is 27.1. The van der Waals surface area contributed by atoms with Gasteiger partial charge in [-0.3, -0.25) is 9.48 Å². The van der Waals surface area contributed by atoms with Crippen molar-refractivity contribution in [2.24, 2.45) is 12.0 Å². The highest BCUT2D eigenvalue weighted by molar-refractivity contribution is 6.02. The van der Waals surface area contributed by atoms with Crippen molar-refractivity contribution in [1.29, 1.82) is 0 Å². The van der Waals surface area contributed by atoms with Crippen LogP contribution in [-0.4, -0.2) is 43.0 Å². The summed E-state index contributed by atoms with van der Waals surface area (Å²) in [4.78, 5) is 29.1. The van der Waals surface area contributed by atoms with Gasteiger partial charge >= 0.3 is 12.3 Å². The molecule has 3 heterocycles. The number of hydrogen-bond acceptors (Lipinski definition) is 5. The van der Waals surface area contributed by atoms with E-state index in [0.717, 1.165) is 0 Å². The lowest BCUT2D eigenvalue weighted by atomic mass is 9.94. The Hall–Kier alpha value is -3.83. The van der Waals surface area contributed by atoms with E-state index in [9.17, 15) is 22.8 Å². The Labute approximate surface area is 211 Å². The molecule has 0 fully saturated rings. The summed E-state index contributed by atoms with van der Waals surface area (Å²) in [5, 5.41) is 3.71. The van der Waals surface area contributed by atoms with E-state index < -0.39 is 23.6 Å². The van der Waals surface area contributed by atoms with Crippen LogP contribution in [-0.2, 0) is 31.1 Å². The Morgan fingerprint density at radius 1 is 1.16 bits per heavy atom. The predicted molar refractivity (Wildman–Crippen MR) is 127 cm³/mol. The molecular formula is C25H28F3N5O4. The molecule has 0 unspecified atom stereocenters. The monoisotopic (exact) mass is 519 g/mol. The minimum absolute atomic E-state index is 0.0772. The van der Waals surface area contributed by atoms with Crippen LogP contribution in [0, 0.1) is 0 Å². The molecular weight excluding hydrogens is 491 g/mol. The number of hydrogen-bond donors (Lipinski definition) is 0. The number of carbonyl (C=O) groups excluding carboxylic acids is 2. The van der Waals surface area contributed by atoms with Crippen molar-refractivity contribution in [1.82, 2.24) is 18.9 Å². The second kappa shape index (κ2) is 9.56. The molecule has 12 heteroatoms. The number of alkyl halides is 3. The molecule has 1 aromatic carbocycles. The summed E-state index contributed by atoms with van der Waals surface area (Å²) in [5.41, 5.74) is -0.813. The van der Waals surface area contributed by atoms with E-state index in [1.165, 1.54) is 10.9 Å². The van der Waals surface area contributed by atoms with E-state index >= 15 is 0 Å². The van der Waals surface area contributed by atoms with Crippen molar-refractivity contribution in [3.8, 4) is 16.9 Å². The third-order valence-electron chi connectivity index (χ3n) is 5.65. The molecule has 0 aliphatic carbocycles. The highest BCUT2D eigenvalue weighted by Gasteiger charge is 2.39. The van der Waals surface area contributed by atoms with Crippen molar-refractivity contribution < 1.29 is 32.2 Å². The molecule has 1 aliphatic rings. The topological polar surface area (TPSA) is 92.6 Å². The number of rotatable bonds is 4. The van der Waals surface area contributed by atoms with Gasteiger partial charge in [-0.2, -0.15) is 18.3 Å². The number of imidazole rings is 1. The Bertz CT molecular complexity index is 1420. The molecule has 0 bridgehead atoms. The van der Waals surface area contributed by atoms with Crippen LogP contribution in [0.4, 0.5) is 18.0 Å². The first kappa shape index (κ1) is 26.2. The minimum Gasteiger partial charge on any atom is -0.492 e. The van der Waals surface area contributed by atoms with Crippen molar-refractivity contribution in [2.75, 3.05) is 6.61 Å². The van der Waals surface area contributed by atoms with Gasteiger partial charge in [0.15, 0.2) is 11.5 Å². The van der Waals surface area contributed by atoms with Crippen molar-refractivity contribution in [2.45, 2.75) is 59.0 Å². The van der Waals surface area contributed by atoms with E-state index in [2.05, 4.69) is 10.1 Å². The van der Waals surface area contributed by atoms with Gasteiger partial charge in [-0.25, -0.2) is 4.79 Å². The van der Waals surface area contributed by atoms with Crippen LogP contribution in [0.2, 0.25) is 0 Å². The van der Waals surface area contributed by atoms with E-state index in [4.69, 9.17) is 9.47 Å². The SMILES string of the molecule is CCn1cc(-c2cc(Cn3ccn(C)/c3=N/C(=O)OC(C)(C)C)cc3c2OCCC3=O)c(C(F)(F)F)n1. The highest BCUT2D eigenvalue weighted by atomic mass is 19.4. The maximum atomic E-state index is 13.9. The van der Waals surface area contributed by atoms with Gasteiger partial charge in [-0.05, 0) is 45.4 Å².